The van der Waals surface area contributed by atoms with Crippen molar-refractivity contribution in [3.05, 3.63) is 77.0 Å². The quantitative estimate of drug-likeness (QED) is 0.553. The van der Waals surface area contributed by atoms with Crippen molar-refractivity contribution < 1.29 is 4.79 Å². The first-order valence-corrected chi connectivity index (χ1v) is 8.20. The lowest BCUT2D eigenvalue weighted by molar-refractivity contribution is -0.117. The molecule has 0 radical (unpaired) electrons. The van der Waals surface area contributed by atoms with Crippen LogP contribution in [-0.4, -0.2) is 17.4 Å². The van der Waals surface area contributed by atoms with Crippen molar-refractivity contribution in [2.45, 2.75) is 13.3 Å². The van der Waals surface area contributed by atoms with Crippen molar-refractivity contribution in [3.8, 4) is 6.07 Å². The highest BCUT2D eigenvalue weighted by atomic mass is 16.1. The second-order valence-electron chi connectivity index (χ2n) is 5.87. The lowest BCUT2D eigenvalue weighted by Crippen LogP contribution is -2.26. The van der Waals surface area contributed by atoms with Crippen molar-refractivity contribution >= 4 is 22.9 Å². The molecule has 4 nitrogen and oxygen atoms in total. The first-order valence-electron chi connectivity index (χ1n) is 8.20. The van der Waals surface area contributed by atoms with Crippen LogP contribution in [0.5, 0.6) is 0 Å². The highest BCUT2D eigenvalue weighted by Crippen LogP contribution is 2.24. The maximum atomic E-state index is 12.3. The zero-order valence-electron chi connectivity index (χ0n) is 14.0. The van der Waals surface area contributed by atoms with Crippen LogP contribution in [0.25, 0.3) is 17.0 Å². The van der Waals surface area contributed by atoms with Gasteiger partial charge in [-0.05, 0) is 31.1 Å². The first-order chi connectivity index (χ1) is 12.2. The molecular formula is C21H19N3O. The number of H-pyrrole nitrogens is 1. The normalized spacial score (nSPS) is 11.3. The predicted molar refractivity (Wildman–Crippen MR) is 99.8 cm³/mol. The van der Waals surface area contributed by atoms with Gasteiger partial charge in [-0.25, -0.2) is 0 Å². The Morgan fingerprint density at radius 1 is 1.16 bits per heavy atom. The molecule has 0 fully saturated rings. The van der Waals surface area contributed by atoms with E-state index in [4.69, 9.17) is 0 Å². The fourth-order valence-corrected chi connectivity index (χ4v) is 2.84. The second-order valence-corrected chi connectivity index (χ2v) is 5.87. The molecule has 0 aliphatic rings. The van der Waals surface area contributed by atoms with Gasteiger partial charge in [0.15, 0.2) is 0 Å². The fourth-order valence-electron chi connectivity index (χ4n) is 2.84. The van der Waals surface area contributed by atoms with Crippen LogP contribution in [-0.2, 0) is 11.2 Å². The number of aromatic amines is 1. The zero-order valence-corrected chi connectivity index (χ0v) is 14.0. The number of nitrogens with one attached hydrogen (secondary N) is 2. The minimum Gasteiger partial charge on any atom is -0.358 e. The number of hydrogen-bond donors (Lipinski definition) is 2. The summed E-state index contributed by atoms with van der Waals surface area (Å²) in [6.07, 6.45) is 2.39. The summed E-state index contributed by atoms with van der Waals surface area (Å²) in [6, 6.07) is 19.8. The van der Waals surface area contributed by atoms with Gasteiger partial charge in [0.05, 0.1) is 0 Å². The monoisotopic (exact) mass is 329 g/mol. The molecule has 3 rings (SSSR count). The average Bonchev–Trinajstić information content (AvgIpc) is 2.95. The number of nitriles is 1. The van der Waals surface area contributed by atoms with Crippen LogP contribution in [0.15, 0.2) is 60.2 Å². The molecule has 3 aromatic rings. The smallest absolute Gasteiger partial charge is 0.261 e. The maximum Gasteiger partial charge on any atom is 0.261 e. The van der Waals surface area contributed by atoms with E-state index in [2.05, 4.69) is 10.3 Å². The van der Waals surface area contributed by atoms with Gasteiger partial charge < -0.3 is 10.3 Å². The number of aromatic nitrogens is 1. The molecule has 2 aromatic carbocycles. The van der Waals surface area contributed by atoms with Crippen LogP contribution in [0.1, 0.15) is 16.8 Å². The number of fused-ring (bicyclic) bond motifs is 1. The fraction of sp³-hybridized carbons (Fsp3) is 0.143. The predicted octanol–water partition coefficient (Wildman–Crippen LogP) is 3.74. The molecule has 1 heterocycles. The van der Waals surface area contributed by atoms with Crippen LogP contribution in [0.3, 0.4) is 0 Å². The van der Waals surface area contributed by atoms with Crippen LogP contribution in [0.4, 0.5) is 0 Å². The van der Waals surface area contributed by atoms with Gasteiger partial charge in [0.25, 0.3) is 5.91 Å². The molecule has 4 heteroatoms. The van der Waals surface area contributed by atoms with Crippen LogP contribution in [0.2, 0.25) is 0 Å². The number of hydrogen-bond acceptors (Lipinski definition) is 2. The lowest BCUT2D eigenvalue weighted by atomic mass is 10.1. The summed E-state index contributed by atoms with van der Waals surface area (Å²) in [5.41, 5.74) is 4.07. The van der Waals surface area contributed by atoms with Gasteiger partial charge in [-0.2, -0.15) is 5.26 Å². The molecule has 0 aliphatic heterocycles. The number of benzene rings is 2. The Hall–Kier alpha value is -3.32. The van der Waals surface area contributed by atoms with E-state index >= 15 is 0 Å². The van der Waals surface area contributed by atoms with E-state index in [1.807, 2.05) is 67.6 Å². The molecule has 0 spiro atoms. The third-order valence-corrected chi connectivity index (χ3v) is 4.14. The second kappa shape index (κ2) is 7.50. The summed E-state index contributed by atoms with van der Waals surface area (Å²) in [5.74, 6) is -0.344. The van der Waals surface area contributed by atoms with Gasteiger partial charge in [-0.3, -0.25) is 4.79 Å². The van der Waals surface area contributed by atoms with Gasteiger partial charge in [0.1, 0.15) is 11.6 Å². The molecule has 0 saturated carbocycles. The summed E-state index contributed by atoms with van der Waals surface area (Å²) >= 11 is 0. The van der Waals surface area contributed by atoms with E-state index in [-0.39, 0.29) is 11.5 Å². The number of nitrogens with zero attached hydrogens (tertiary/aromatic N) is 1. The van der Waals surface area contributed by atoms with Gasteiger partial charge in [0, 0.05) is 28.7 Å². The third kappa shape index (κ3) is 3.78. The molecular weight excluding hydrogens is 310 g/mol. The Morgan fingerprint density at radius 3 is 2.64 bits per heavy atom. The number of carbonyl (C=O) groups excluding carboxylic acids is 1. The summed E-state index contributed by atoms with van der Waals surface area (Å²) < 4.78 is 0. The molecule has 0 saturated heterocycles. The van der Waals surface area contributed by atoms with E-state index in [1.54, 1.807) is 6.08 Å². The highest BCUT2D eigenvalue weighted by Gasteiger charge is 2.12. The summed E-state index contributed by atoms with van der Waals surface area (Å²) in [5, 5.41) is 13.2. The number of para-hydroxylation sites is 1. The largest absolute Gasteiger partial charge is 0.358 e. The molecule has 124 valence electrons. The minimum atomic E-state index is -0.344. The Morgan fingerprint density at radius 2 is 1.88 bits per heavy atom. The van der Waals surface area contributed by atoms with Gasteiger partial charge in [0.2, 0.25) is 0 Å². The van der Waals surface area contributed by atoms with Crippen LogP contribution < -0.4 is 5.32 Å². The molecule has 1 amide bonds. The highest BCUT2D eigenvalue weighted by molar-refractivity contribution is 6.04. The van der Waals surface area contributed by atoms with Crippen LogP contribution >= 0.6 is 0 Å². The standard InChI is InChI=1S/C21H19N3O/c1-15-19(18-9-5-6-10-20(18)24-15)13-17(14-22)21(25)23-12-11-16-7-3-2-4-8-16/h2-10,13,24H,11-12H2,1H3,(H,23,25)/b17-13-. The van der Waals surface area contributed by atoms with Gasteiger partial charge >= 0.3 is 0 Å². The SMILES string of the molecule is Cc1[nH]c2ccccc2c1/C=C(/C#N)C(=O)NCCc1ccccc1. The summed E-state index contributed by atoms with van der Waals surface area (Å²) in [6.45, 7) is 2.43. The first kappa shape index (κ1) is 16.5. The zero-order chi connectivity index (χ0) is 17.6. The molecule has 2 N–H and O–H groups in total. The summed E-state index contributed by atoms with van der Waals surface area (Å²) in [7, 11) is 0. The molecule has 0 unspecified atom stereocenters. The van der Waals surface area contributed by atoms with Crippen LogP contribution in [0, 0.1) is 18.3 Å². The van der Waals surface area contributed by atoms with Crippen molar-refractivity contribution in [2.75, 3.05) is 6.54 Å². The molecule has 1 aromatic heterocycles. The summed E-state index contributed by atoms with van der Waals surface area (Å²) in [4.78, 5) is 15.6. The van der Waals surface area contributed by atoms with E-state index in [9.17, 15) is 10.1 Å². The molecule has 0 bridgehead atoms. The van der Waals surface area contributed by atoms with Crippen molar-refractivity contribution in [1.29, 1.82) is 5.26 Å². The van der Waals surface area contributed by atoms with Crippen molar-refractivity contribution in [2.24, 2.45) is 0 Å². The average molecular weight is 329 g/mol. The van der Waals surface area contributed by atoms with Gasteiger partial charge in [-0.1, -0.05) is 48.5 Å². The Balaban J connectivity index is 1.74. The molecule has 0 aliphatic carbocycles. The van der Waals surface area contributed by atoms with E-state index in [1.165, 1.54) is 0 Å². The maximum absolute atomic E-state index is 12.3. The van der Waals surface area contributed by atoms with Gasteiger partial charge in [-0.15, -0.1) is 0 Å². The van der Waals surface area contributed by atoms with E-state index in [0.29, 0.717) is 6.54 Å². The molecule has 25 heavy (non-hydrogen) atoms. The number of aryl methyl sites for hydroxylation is 1. The lowest BCUT2D eigenvalue weighted by Gasteiger charge is -2.04. The molecule has 0 atom stereocenters. The van der Waals surface area contributed by atoms with E-state index in [0.717, 1.165) is 34.1 Å². The number of rotatable bonds is 5. The van der Waals surface area contributed by atoms with E-state index < -0.39 is 0 Å². The number of amides is 1. The Labute approximate surface area is 146 Å². The Kier molecular flexibility index (Phi) is 4.96. The topological polar surface area (TPSA) is 68.7 Å². The number of carbonyl (C=O) groups is 1. The van der Waals surface area contributed by atoms with Crippen molar-refractivity contribution in [3.63, 3.8) is 0 Å². The Bertz CT molecular complexity index is 962. The third-order valence-electron chi connectivity index (χ3n) is 4.14. The minimum absolute atomic E-state index is 0.112. The van der Waals surface area contributed by atoms with Crippen molar-refractivity contribution in [1.82, 2.24) is 10.3 Å².